The second kappa shape index (κ2) is 6.37. The number of hydrogen-bond acceptors (Lipinski definition) is 4. The summed E-state index contributed by atoms with van der Waals surface area (Å²) >= 11 is 0. The third kappa shape index (κ3) is 2.74. The third-order valence-corrected chi connectivity index (χ3v) is 3.06. The van der Waals surface area contributed by atoms with Crippen LogP contribution in [0.4, 0.5) is 0 Å². The Morgan fingerprint density at radius 3 is 2.60 bits per heavy atom. The summed E-state index contributed by atoms with van der Waals surface area (Å²) in [4.78, 5) is 24.5. The molecule has 0 radical (unpaired) electrons. The maximum Gasteiger partial charge on any atom is 0.232 e. The number of carbonyl (C=O) groups excluding carboxylic acids is 2. The zero-order valence-electron chi connectivity index (χ0n) is 11.8. The van der Waals surface area contributed by atoms with Crippen LogP contribution in [-0.4, -0.2) is 24.8 Å². The lowest BCUT2D eigenvalue weighted by Gasteiger charge is -2.18. The van der Waals surface area contributed by atoms with Gasteiger partial charge in [0.05, 0.1) is 18.8 Å². The van der Waals surface area contributed by atoms with Crippen LogP contribution in [0.15, 0.2) is 30.0 Å². The van der Waals surface area contributed by atoms with E-state index in [2.05, 4.69) is 0 Å². The molecule has 0 N–H and O–H groups in total. The van der Waals surface area contributed by atoms with E-state index < -0.39 is 0 Å². The summed E-state index contributed by atoms with van der Waals surface area (Å²) in [6.45, 7) is 4.75. The second-order valence-corrected chi connectivity index (χ2v) is 4.52. The maximum absolute atomic E-state index is 12.4. The molecule has 0 bridgehead atoms. The van der Waals surface area contributed by atoms with Crippen LogP contribution in [0.2, 0.25) is 0 Å². The van der Waals surface area contributed by atoms with Gasteiger partial charge in [-0.05, 0) is 19.4 Å². The SMILES string of the molecule is CCCCOC1=CC(=O)c2cccc(OCC)c2C1=O. The van der Waals surface area contributed by atoms with Crippen LogP contribution in [0.3, 0.4) is 0 Å². The van der Waals surface area contributed by atoms with Gasteiger partial charge < -0.3 is 9.47 Å². The molecular formula is C16H18O4. The second-order valence-electron chi connectivity index (χ2n) is 4.52. The van der Waals surface area contributed by atoms with Gasteiger partial charge in [-0.25, -0.2) is 0 Å². The lowest BCUT2D eigenvalue weighted by Crippen LogP contribution is -2.20. The van der Waals surface area contributed by atoms with Gasteiger partial charge in [0.25, 0.3) is 0 Å². The average molecular weight is 274 g/mol. The van der Waals surface area contributed by atoms with Crippen molar-refractivity contribution in [3.63, 3.8) is 0 Å². The summed E-state index contributed by atoms with van der Waals surface area (Å²) in [5, 5.41) is 0. The van der Waals surface area contributed by atoms with E-state index in [1.54, 1.807) is 18.2 Å². The minimum Gasteiger partial charge on any atom is -0.493 e. The molecule has 0 saturated heterocycles. The summed E-state index contributed by atoms with van der Waals surface area (Å²) < 4.78 is 10.9. The Kier molecular flexibility index (Phi) is 4.56. The molecule has 0 spiro atoms. The highest BCUT2D eigenvalue weighted by atomic mass is 16.5. The van der Waals surface area contributed by atoms with E-state index in [9.17, 15) is 9.59 Å². The van der Waals surface area contributed by atoms with E-state index >= 15 is 0 Å². The topological polar surface area (TPSA) is 52.6 Å². The smallest absolute Gasteiger partial charge is 0.232 e. The molecule has 0 aliphatic heterocycles. The van der Waals surface area contributed by atoms with Crippen LogP contribution in [0.5, 0.6) is 5.75 Å². The first-order valence-electron chi connectivity index (χ1n) is 6.88. The van der Waals surface area contributed by atoms with Crippen molar-refractivity contribution in [2.24, 2.45) is 0 Å². The lowest BCUT2D eigenvalue weighted by molar-refractivity contribution is 0.0876. The summed E-state index contributed by atoms with van der Waals surface area (Å²) in [6, 6.07) is 5.05. The number of ketones is 2. The first-order valence-corrected chi connectivity index (χ1v) is 6.88. The molecule has 0 atom stereocenters. The molecule has 0 unspecified atom stereocenters. The van der Waals surface area contributed by atoms with Gasteiger partial charge in [-0.1, -0.05) is 25.5 Å². The van der Waals surface area contributed by atoms with Gasteiger partial charge in [-0.15, -0.1) is 0 Å². The number of Topliss-reactive ketones (excluding diaryl/α,β-unsaturated/α-hetero) is 1. The highest BCUT2D eigenvalue weighted by Gasteiger charge is 2.29. The van der Waals surface area contributed by atoms with Crippen LogP contribution in [0.1, 0.15) is 47.4 Å². The number of unbranched alkanes of at least 4 members (excludes halogenated alkanes) is 1. The van der Waals surface area contributed by atoms with Crippen LogP contribution < -0.4 is 4.74 Å². The minimum absolute atomic E-state index is 0.114. The van der Waals surface area contributed by atoms with Crippen molar-refractivity contribution >= 4 is 11.6 Å². The molecule has 20 heavy (non-hydrogen) atoms. The molecule has 4 nitrogen and oxygen atoms in total. The fraction of sp³-hybridized carbons (Fsp3) is 0.375. The van der Waals surface area contributed by atoms with Crippen molar-refractivity contribution in [1.82, 2.24) is 0 Å². The molecule has 1 aromatic carbocycles. The van der Waals surface area contributed by atoms with Crippen molar-refractivity contribution in [1.29, 1.82) is 0 Å². The van der Waals surface area contributed by atoms with Gasteiger partial charge >= 0.3 is 0 Å². The first-order chi connectivity index (χ1) is 9.69. The summed E-state index contributed by atoms with van der Waals surface area (Å²) in [5.41, 5.74) is 0.692. The number of allylic oxidation sites excluding steroid dienone is 2. The van der Waals surface area contributed by atoms with Gasteiger partial charge in [0, 0.05) is 11.6 Å². The zero-order chi connectivity index (χ0) is 14.5. The van der Waals surface area contributed by atoms with E-state index in [0.717, 1.165) is 12.8 Å². The van der Waals surface area contributed by atoms with Crippen molar-refractivity contribution in [3.8, 4) is 5.75 Å². The minimum atomic E-state index is -0.278. The fourth-order valence-corrected chi connectivity index (χ4v) is 2.07. The number of rotatable bonds is 6. The fourth-order valence-electron chi connectivity index (χ4n) is 2.07. The van der Waals surface area contributed by atoms with Crippen molar-refractivity contribution in [2.45, 2.75) is 26.7 Å². The highest BCUT2D eigenvalue weighted by Crippen LogP contribution is 2.30. The van der Waals surface area contributed by atoms with Crippen LogP contribution in [0, 0.1) is 0 Å². The summed E-state index contributed by atoms with van der Waals surface area (Å²) in [6.07, 6.45) is 3.09. The van der Waals surface area contributed by atoms with Gasteiger partial charge in [0.15, 0.2) is 11.5 Å². The molecule has 0 amide bonds. The van der Waals surface area contributed by atoms with Gasteiger partial charge in [-0.2, -0.15) is 0 Å². The average Bonchev–Trinajstić information content (AvgIpc) is 2.44. The summed E-state index contributed by atoms with van der Waals surface area (Å²) in [7, 11) is 0. The molecule has 106 valence electrons. The lowest BCUT2D eigenvalue weighted by atomic mass is 9.92. The quantitative estimate of drug-likeness (QED) is 0.748. The van der Waals surface area contributed by atoms with Crippen molar-refractivity contribution in [2.75, 3.05) is 13.2 Å². The number of hydrogen-bond donors (Lipinski definition) is 0. The molecule has 0 saturated carbocycles. The molecule has 2 rings (SSSR count). The van der Waals surface area contributed by atoms with E-state index in [1.807, 2.05) is 13.8 Å². The zero-order valence-corrected chi connectivity index (χ0v) is 11.8. The number of fused-ring (bicyclic) bond motifs is 1. The monoisotopic (exact) mass is 274 g/mol. The van der Waals surface area contributed by atoms with Gasteiger partial charge in [0.2, 0.25) is 5.78 Å². The molecule has 1 aromatic rings. The Morgan fingerprint density at radius 1 is 1.10 bits per heavy atom. The Labute approximate surface area is 118 Å². The standard InChI is InChI=1S/C16H18O4/c1-3-5-9-20-14-10-12(17)11-7-6-8-13(19-4-2)15(11)16(14)18/h6-8,10H,3-5,9H2,1-2H3. The molecule has 0 fully saturated rings. The predicted molar refractivity (Wildman–Crippen MR) is 75.2 cm³/mol. The van der Waals surface area contributed by atoms with E-state index in [-0.39, 0.29) is 17.3 Å². The van der Waals surface area contributed by atoms with Crippen LogP contribution in [-0.2, 0) is 4.74 Å². The van der Waals surface area contributed by atoms with Crippen molar-refractivity contribution in [3.05, 3.63) is 41.2 Å². The van der Waals surface area contributed by atoms with Crippen molar-refractivity contribution < 1.29 is 19.1 Å². The first kappa shape index (κ1) is 14.3. The van der Waals surface area contributed by atoms with Crippen LogP contribution in [0.25, 0.3) is 0 Å². The third-order valence-electron chi connectivity index (χ3n) is 3.06. The summed E-state index contributed by atoms with van der Waals surface area (Å²) in [5.74, 6) is 0.0588. The molecule has 0 heterocycles. The maximum atomic E-state index is 12.4. The normalized spacial score (nSPS) is 13.8. The Hall–Kier alpha value is -2.10. The predicted octanol–water partition coefficient (Wildman–Crippen LogP) is 3.16. The van der Waals surface area contributed by atoms with Crippen LogP contribution >= 0.6 is 0 Å². The molecule has 0 aromatic heterocycles. The van der Waals surface area contributed by atoms with E-state index in [1.165, 1.54) is 6.08 Å². The van der Waals surface area contributed by atoms with Gasteiger partial charge in [0.1, 0.15) is 5.75 Å². The molecule has 4 heteroatoms. The largest absolute Gasteiger partial charge is 0.493 e. The number of ether oxygens (including phenoxy) is 2. The number of benzene rings is 1. The van der Waals surface area contributed by atoms with E-state index in [0.29, 0.717) is 30.1 Å². The Bertz CT molecular complexity index is 558. The van der Waals surface area contributed by atoms with Gasteiger partial charge in [-0.3, -0.25) is 9.59 Å². The highest BCUT2D eigenvalue weighted by molar-refractivity contribution is 6.24. The Balaban J connectivity index is 2.33. The molecular weight excluding hydrogens is 256 g/mol. The Morgan fingerprint density at radius 2 is 1.90 bits per heavy atom. The molecule has 1 aliphatic carbocycles. The van der Waals surface area contributed by atoms with E-state index in [4.69, 9.17) is 9.47 Å². The number of carbonyl (C=O) groups is 2. The molecule has 1 aliphatic rings.